The second kappa shape index (κ2) is 7.63. The van der Waals surface area contributed by atoms with Crippen LogP contribution < -0.4 is 16.0 Å². The third-order valence-electron chi connectivity index (χ3n) is 4.02. The molecule has 3 N–H and O–H groups in total. The number of urea groups is 1. The summed E-state index contributed by atoms with van der Waals surface area (Å²) < 4.78 is 0. The second-order valence-electron chi connectivity index (χ2n) is 5.70. The summed E-state index contributed by atoms with van der Waals surface area (Å²) in [6, 6.07) is 9.88. The molecular formula is C18H22N4O. The van der Waals surface area contributed by atoms with Gasteiger partial charge in [0.2, 0.25) is 0 Å². The van der Waals surface area contributed by atoms with E-state index in [1.165, 1.54) is 17.5 Å². The molecule has 2 amide bonds. The van der Waals surface area contributed by atoms with Crippen molar-refractivity contribution < 1.29 is 4.79 Å². The number of hydrogen-bond donors (Lipinski definition) is 3. The van der Waals surface area contributed by atoms with Crippen molar-refractivity contribution in [2.24, 2.45) is 0 Å². The molecule has 2 aromatic rings. The number of fused-ring (bicyclic) bond motifs is 1. The molecule has 1 aliphatic rings. The van der Waals surface area contributed by atoms with Crippen molar-refractivity contribution >= 4 is 17.4 Å². The van der Waals surface area contributed by atoms with Gasteiger partial charge in [0, 0.05) is 31.2 Å². The van der Waals surface area contributed by atoms with E-state index in [0.717, 1.165) is 37.2 Å². The molecule has 0 atom stereocenters. The first-order valence-corrected chi connectivity index (χ1v) is 8.12. The van der Waals surface area contributed by atoms with Gasteiger partial charge in [-0.05, 0) is 55.0 Å². The number of rotatable bonds is 6. The van der Waals surface area contributed by atoms with Crippen LogP contribution >= 0.6 is 0 Å². The first-order chi connectivity index (χ1) is 11.3. The highest BCUT2D eigenvalue weighted by Gasteiger charge is 2.15. The molecule has 23 heavy (non-hydrogen) atoms. The van der Waals surface area contributed by atoms with Gasteiger partial charge in [-0.15, -0.1) is 0 Å². The normalized spacial score (nSPS) is 12.5. The number of aryl methyl sites for hydroxylation is 1. The van der Waals surface area contributed by atoms with Crippen molar-refractivity contribution in [3.8, 4) is 0 Å². The van der Waals surface area contributed by atoms with Gasteiger partial charge in [0.05, 0.1) is 5.69 Å². The molecule has 1 aromatic heterocycles. The fourth-order valence-corrected chi connectivity index (χ4v) is 2.89. The Labute approximate surface area is 136 Å². The van der Waals surface area contributed by atoms with E-state index < -0.39 is 0 Å². The van der Waals surface area contributed by atoms with E-state index >= 15 is 0 Å². The number of aromatic nitrogens is 1. The monoisotopic (exact) mass is 310 g/mol. The second-order valence-corrected chi connectivity index (χ2v) is 5.70. The van der Waals surface area contributed by atoms with Crippen LogP contribution in [0.1, 0.15) is 24.0 Å². The Morgan fingerprint density at radius 3 is 2.96 bits per heavy atom. The van der Waals surface area contributed by atoms with Crippen LogP contribution in [0.25, 0.3) is 0 Å². The van der Waals surface area contributed by atoms with E-state index in [9.17, 15) is 4.79 Å². The van der Waals surface area contributed by atoms with E-state index in [0.29, 0.717) is 6.54 Å². The topological polar surface area (TPSA) is 66.0 Å². The van der Waals surface area contributed by atoms with Crippen LogP contribution in [0.15, 0.2) is 42.7 Å². The molecule has 0 radical (unpaired) electrons. The minimum absolute atomic E-state index is 0.133. The van der Waals surface area contributed by atoms with Crippen LogP contribution in [0.2, 0.25) is 0 Å². The van der Waals surface area contributed by atoms with Gasteiger partial charge in [0.1, 0.15) is 0 Å². The minimum atomic E-state index is -0.133. The Balaban J connectivity index is 1.38. The standard InChI is InChI=1S/C18H22N4O/c23-18(21-12-4-11-20-15-7-3-10-19-13-15)22-17-9-2-6-14-5-1-8-16(14)17/h2-3,6-7,9-10,13,20H,1,4-5,8,11-12H2,(H2,21,22,23). The largest absolute Gasteiger partial charge is 0.384 e. The number of amides is 2. The van der Waals surface area contributed by atoms with E-state index in [-0.39, 0.29) is 6.03 Å². The number of carbonyl (C=O) groups is 1. The van der Waals surface area contributed by atoms with Crippen molar-refractivity contribution in [2.75, 3.05) is 23.7 Å². The van der Waals surface area contributed by atoms with Crippen molar-refractivity contribution in [1.29, 1.82) is 0 Å². The molecule has 120 valence electrons. The molecule has 0 saturated heterocycles. The average molecular weight is 310 g/mol. The number of pyridine rings is 1. The third-order valence-corrected chi connectivity index (χ3v) is 4.02. The van der Waals surface area contributed by atoms with Gasteiger partial charge in [0.15, 0.2) is 0 Å². The molecular weight excluding hydrogens is 288 g/mol. The molecule has 0 saturated carbocycles. The first kappa shape index (κ1) is 15.3. The van der Waals surface area contributed by atoms with Crippen LogP contribution in [0.5, 0.6) is 0 Å². The molecule has 5 nitrogen and oxygen atoms in total. The zero-order valence-corrected chi connectivity index (χ0v) is 13.1. The SMILES string of the molecule is O=C(NCCCNc1cccnc1)Nc1cccc2c1CCC2. The first-order valence-electron chi connectivity index (χ1n) is 8.12. The number of hydrogen-bond acceptors (Lipinski definition) is 3. The quantitative estimate of drug-likeness (QED) is 0.718. The van der Waals surface area contributed by atoms with Gasteiger partial charge in [-0.25, -0.2) is 4.79 Å². The van der Waals surface area contributed by atoms with Crippen LogP contribution in [0.4, 0.5) is 16.2 Å². The summed E-state index contributed by atoms with van der Waals surface area (Å²) in [4.78, 5) is 16.0. The number of carbonyl (C=O) groups excluding carboxylic acids is 1. The summed E-state index contributed by atoms with van der Waals surface area (Å²) in [6.45, 7) is 1.43. The molecule has 3 rings (SSSR count). The van der Waals surface area contributed by atoms with Crippen molar-refractivity contribution in [3.63, 3.8) is 0 Å². The molecule has 1 aromatic carbocycles. The Morgan fingerprint density at radius 1 is 1.13 bits per heavy atom. The maximum Gasteiger partial charge on any atom is 0.319 e. The molecule has 0 spiro atoms. The third kappa shape index (κ3) is 4.22. The van der Waals surface area contributed by atoms with Crippen LogP contribution in [0, 0.1) is 0 Å². The molecule has 1 aliphatic carbocycles. The van der Waals surface area contributed by atoms with Gasteiger partial charge in [-0.1, -0.05) is 12.1 Å². The number of nitrogens with zero attached hydrogens (tertiary/aromatic N) is 1. The maximum atomic E-state index is 12.0. The molecule has 0 aliphatic heterocycles. The molecule has 5 heteroatoms. The summed E-state index contributed by atoms with van der Waals surface area (Å²) in [7, 11) is 0. The number of anilines is 2. The number of benzene rings is 1. The van der Waals surface area contributed by atoms with E-state index in [1.807, 2.05) is 24.3 Å². The Kier molecular flexibility index (Phi) is 5.09. The van der Waals surface area contributed by atoms with Crippen LogP contribution in [-0.4, -0.2) is 24.1 Å². The van der Waals surface area contributed by atoms with Gasteiger partial charge in [-0.2, -0.15) is 0 Å². The average Bonchev–Trinajstić information content (AvgIpc) is 3.05. The van der Waals surface area contributed by atoms with Gasteiger partial charge >= 0.3 is 6.03 Å². The van der Waals surface area contributed by atoms with Gasteiger partial charge < -0.3 is 16.0 Å². The summed E-state index contributed by atoms with van der Waals surface area (Å²) in [5, 5.41) is 9.14. The maximum absolute atomic E-state index is 12.0. The summed E-state index contributed by atoms with van der Waals surface area (Å²) in [5.74, 6) is 0. The lowest BCUT2D eigenvalue weighted by atomic mass is 10.1. The molecule has 0 fully saturated rings. The fourth-order valence-electron chi connectivity index (χ4n) is 2.89. The molecule has 1 heterocycles. The summed E-state index contributed by atoms with van der Waals surface area (Å²) in [6.07, 6.45) is 7.74. The van der Waals surface area contributed by atoms with Crippen LogP contribution in [-0.2, 0) is 12.8 Å². The zero-order valence-electron chi connectivity index (χ0n) is 13.1. The van der Waals surface area contributed by atoms with E-state index in [1.54, 1.807) is 12.4 Å². The highest BCUT2D eigenvalue weighted by Crippen LogP contribution is 2.28. The van der Waals surface area contributed by atoms with Crippen LogP contribution in [0.3, 0.4) is 0 Å². The smallest absolute Gasteiger partial charge is 0.319 e. The lowest BCUT2D eigenvalue weighted by molar-refractivity contribution is 0.252. The van der Waals surface area contributed by atoms with Crippen molar-refractivity contribution in [2.45, 2.75) is 25.7 Å². The molecule has 0 bridgehead atoms. The van der Waals surface area contributed by atoms with Gasteiger partial charge in [-0.3, -0.25) is 4.98 Å². The lowest BCUT2D eigenvalue weighted by Gasteiger charge is -2.11. The highest BCUT2D eigenvalue weighted by molar-refractivity contribution is 5.90. The Bertz CT molecular complexity index is 657. The predicted octanol–water partition coefficient (Wildman–Crippen LogP) is 3.19. The summed E-state index contributed by atoms with van der Waals surface area (Å²) >= 11 is 0. The highest BCUT2D eigenvalue weighted by atomic mass is 16.2. The van der Waals surface area contributed by atoms with E-state index in [2.05, 4.69) is 27.0 Å². The van der Waals surface area contributed by atoms with Crippen molar-refractivity contribution in [1.82, 2.24) is 10.3 Å². The Morgan fingerprint density at radius 2 is 2.09 bits per heavy atom. The molecule has 0 unspecified atom stereocenters. The predicted molar refractivity (Wildman–Crippen MR) is 92.8 cm³/mol. The lowest BCUT2D eigenvalue weighted by Crippen LogP contribution is -2.30. The fraction of sp³-hybridized carbons (Fsp3) is 0.333. The number of nitrogens with one attached hydrogen (secondary N) is 3. The van der Waals surface area contributed by atoms with E-state index in [4.69, 9.17) is 0 Å². The van der Waals surface area contributed by atoms with Crippen molar-refractivity contribution in [3.05, 3.63) is 53.9 Å². The minimum Gasteiger partial charge on any atom is -0.384 e. The Hall–Kier alpha value is -2.56. The summed E-state index contributed by atoms with van der Waals surface area (Å²) in [5.41, 5.74) is 4.60. The van der Waals surface area contributed by atoms with Gasteiger partial charge in [0.25, 0.3) is 0 Å². The zero-order chi connectivity index (χ0) is 15.9.